The summed E-state index contributed by atoms with van der Waals surface area (Å²) in [6.45, 7) is 4.47. The van der Waals surface area contributed by atoms with Gasteiger partial charge >= 0.3 is 5.97 Å². The van der Waals surface area contributed by atoms with Crippen LogP contribution in [-0.2, 0) is 9.59 Å². The molecule has 1 aromatic carbocycles. The van der Waals surface area contributed by atoms with Crippen LogP contribution in [0.2, 0.25) is 0 Å². The Morgan fingerprint density at radius 1 is 1.37 bits per heavy atom. The first-order chi connectivity index (χ1) is 12.8. The Labute approximate surface area is 158 Å². The third kappa shape index (κ3) is 3.90. The van der Waals surface area contributed by atoms with Crippen LogP contribution in [0.5, 0.6) is 0 Å². The Balaban J connectivity index is 1.59. The van der Waals surface area contributed by atoms with Crippen LogP contribution >= 0.6 is 0 Å². The molecule has 0 aromatic heterocycles. The van der Waals surface area contributed by atoms with Gasteiger partial charge in [0.1, 0.15) is 6.04 Å². The molecule has 1 atom stereocenters. The summed E-state index contributed by atoms with van der Waals surface area (Å²) in [7, 11) is 1.85. The van der Waals surface area contributed by atoms with Crippen LogP contribution in [0.25, 0.3) is 0 Å². The molecule has 0 spiro atoms. The van der Waals surface area contributed by atoms with E-state index >= 15 is 0 Å². The number of carboxylic acid groups (broad SMARTS) is 1. The monoisotopic (exact) mass is 374 g/mol. The van der Waals surface area contributed by atoms with Gasteiger partial charge in [0.15, 0.2) is 0 Å². The van der Waals surface area contributed by atoms with Gasteiger partial charge in [0, 0.05) is 24.7 Å². The van der Waals surface area contributed by atoms with E-state index in [0.717, 1.165) is 18.5 Å². The first-order valence-electron chi connectivity index (χ1n) is 9.24. The quantitative estimate of drug-likeness (QED) is 0.690. The number of rotatable bonds is 6. The molecule has 2 aliphatic rings. The van der Waals surface area contributed by atoms with Crippen molar-refractivity contribution < 1.29 is 19.5 Å². The molecular weight excluding hydrogens is 348 g/mol. The zero-order chi connectivity index (χ0) is 19.7. The smallest absolute Gasteiger partial charge is 0.317 e. The number of likely N-dealkylation sites (N-methyl/N-ethyl adjacent to an activating group) is 2. The summed E-state index contributed by atoms with van der Waals surface area (Å²) in [5.41, 5.74) is 2.02. The molecule has 1 aliphatic heterocycles. The van der Waals surface area contributed by atoms with E-state index in [1.807, 2.05) is 36.8 Å². The number of hydrogen-bond acceptors (Lipinski definition) is 5. The van der Waals surface area contributed by atoms with E-state index in [2.05, 4.69) is 10.6 Å². The fourth-order valence-electron chi connectivity index (χ4n) is 3.65. The highest BCUT2D eigenvalue weighted by molar-refractivity contribution is 6.05. The number of aliphatic carboxylic acids is 1. The Bertz CT molecular complexity index is 760. The summed E-state index contributed by atoms with van der Waals surface area (Å²) >= 11 is 0. The van der Waals surface area contributed by atoms with Gasteiger partial charge in [0.2, 0.25) is 5.91 Å². The maximum atomic E-state index is 12.5. The lowest BCUT2D eigenvalue weighted by Gasteiger charge is -2.42. The summed E-state index contributed by atoms with van der Waals surface area (Å²) < 4.78 is 0. The van der Waals surface area contributed by atoms with Gasteiger partial charge in [-0.05, 0) is 44.5 Å². The van der Waals surface area contributed by atoms with Crippen LogP contribution in [0.1, 0.15) is 37.0 Å². The van der Waals surface area contributed by atoms with Crippen LogP contribution in [0, 0.1) is 0 Å². The topological polar surface area (TPSA) is 102 Å². The van der Waals surface area contributed by atoms with E-state index in [1.165, 1.54) is 0 Å². The Kier molecular flexibility index (Phi) is 5.36. The SMILES string of the molecule is CCN(CC(=O)O)C1CC(NC(=O)c2ccc3c(c2)NC(=O)C(C)N3C)C1. The Morgan fingerprint density at radius 2 is 2.07 bits per heavy atom. The van der Waals surface area contributed by atoms with Crippen molar-refractivity contribution in [2.45, 2.75) is 44.8 Å². The fourth-order valence-corrected chi connectivity index (χ4v) is 3.65. The van der Waals surface area contributed by atoms with Crippen LogP contribution in [-0.4, -0.2) is 66.1 Å². The summed E-state index contributed by atoms with van der Waals surface area (Å²) in [6, 6.07) is 5.28. The van der Waals surface area contributed by atoms with Gasteiger partial charge in [0.05, 0.1) is 17.9 Å². The predicted octanol–water partition coefficient (Wildman–Crippen LogP) is 1.13. The van der Waals surface area contributed by atoms with Crippen molar-refractivity contribution in [2.75, 3.05) is 30.4 Å². The largest absolute Gasteiger partial charge is 0.480 e. The molecule has 0 bridgehead atoms. The van der Waals surface area contributed by atoms with Crippen molar-refractivity contribution in [1.82, 2.24) is 10.2 Å². The lowest BCUT2D eigenvalue weighted by Crippen LogP contribution is -2.54. The molecule has 146 valence electrons. The molecule has 1 heterocycles. The highest BCUT2D eigenvalue weighted by Gasteiger charge is 2.35. The van der Waals surface area contributed by atoms with Gasteiger partial charge in [-0.2, -0.15) is 0 Å². The molecule has 27 heavy (non-hydrogen) atoms. The van der Waals surface area contributed by atoms with E-state index in [-0.39, 0.29) is 36.5 Å². The minimum absolute atomic E-state index is 0.0261. The zero-order valence-corrected chi connectivity index (χ0v) is 15.9. The molecule has 2 amide bonds. The van der Waals surface area contributed by atoms with Crippen molar-refractivity contribution in [3.63, 3.8) is 0 Å². The number of fused-ring (bicyclic) bond motifs is 1. The molecule has 8 nitrogen and oxygen atoms in total. The summed E-state index contributed by atoms with van der Waals surface area (Å²) in [5, 5.41) is 14.8. The second-order valence-corrected chi connectivity index (χ2v) is 7.26. The molecule has 1 unspecified atom stereocenters. The lowest BCUT2D eigenvalue weighted by atomic mass is 9.85. The second-order valence-electron chi connectivity index (χ2n) is 7.26. The third-order valence-corrected chi connectivity index (χ3v) is 5.57. The summed E-state index contributed by atoms with van der Waals surface area (Å²) in [5.74, 6) is -1.11. The minimum atomic E-state index is -0.834. The molecule has 1 aromatic rings. The number of amides is 2. The second kappa shape index (κ2) is 7.56. The normalized spacial score (nSPS) is 24.1. The van der Waals surface area contributed by atoms with E-state index in [4.69, 9.17) is 5.11 Å². The number of carbonyl (C=O) groups excluding carboxylic acids is 2. The number of carbonyl (C=O) groups is 3. The standard InChI is InChI=1S/C19H26N4O4/c1-4-23(10-17(24)25)14-8-13(9-14)20-19(27)12-5-6-16-15(7-12)21-18(26)11(2)22(16)3/h5-7,11,13-14H,4,8-10H2,1-3H3,(H,20,27)(H,21,26)(H,24,25). The molecule has 1 fully saturated rings. The molecule has 0 radical (unpaired) electrons. The molecule has 0 saturated heterocycles. The van der Waals surface area contributed by atoms with Gasteiger partial charge in [0.25, 0.3) is 5.91 Å². The van der Waals surface area contributed by atoms with E-state index in [0.29, 0.717) is 17.8 Å². The number of benzene rings is 1. The third-order valence-electron chi connectivity index (χ3n) is 5.57. The van der Waals surface area contributed by atoms with Crippen LogP contribution in [0.4, 0.5) is 11.4 Å². The van der Waals surface area contributed by atoms with Crippen molar-refractivity contribution in [1.29, 1.82) is 0 Å². The van der Waals surface area contributed by atoms with Crippen molar-refractivity contribution in [2.24, 2.45) is 0 Å². The molecule has 3 N–H and O–H groups in total. The lowest BCUT2D eigenvalue weighted by molar-refractivity contribution is -0.139. The maximum absolute atomic E-state index is 12.5. The molecule has 3 rings (SSSR count). The molecule has 1 saturated carbocycles. The van der Waals surface area contributed by atoms with Gasteiger partial charge in [-0.15, -0.1) is 0 Å². The van der Waals surface area contributed by atoms with Gasteiger partial charge in [-0.3, -0.25) is 19.3 Å². The molecule has 1 aliphatic carbocycles. The Hall–Kier alpha value is -2.61. The first-order valence-corrected chi connectivity index (χ1v) is 9.24. The van der Waals surface area contributed by atoms with E-state index in [1.54, 1.807) is 12.1 Å². The first kappa shape index (κ1) is 19.2. The van der Waals surface area contributed by atoms with Gasteiger partial charge in [-0.25, -0.2) is 0 Å². The van der Waals surface area contributed by atoms with Gasteiger partial charge < -0.3 is 20.6 Å². The number of anilines is 2. The average molecular weight is 374 g/mol. The van der Waals surface area contributed by atoms with E-state index < -0.39 is 5.97 Å². The highest BCUT2D eigenvalue weighted by Crippen LogP contribution is 2.32. The maximum Gasteiger partial charge on any atom is 0.317 e. The predicted molar refractivity (Wildman–Crippen MR) is 102 cm³/mol. The van der Waals surface area contributed by atoms with Crippen LogP contribution in [0.3, 0.4) is 0 Å². The minimum Gasteiger partial charge on any atom is -0.480 e. The summed E-state index contributed by atoms with van der Waals surface area (Å²) in [4.78, 5) is 39.2. The van der Waals surface area contributed by atoms with Crippen molar-refractivity contribution in [3.05, 3.63) is 23.8 Å². The van der Waals surface area contributed by atoms with Crippen molar-refractivity contribution >= 4 is 29.2 Å². The van der Waals surface area contributed by atoms with E-state index in [9.17, 15) is 14.4 Å². The average Bonchev–Trinajstić information content (AvgIpc) is 2.60. The van der Waals surface area contributed by atoms with Crippen LogP contribution in [0.15, 0.2) is 18.2 Å². The molecular formula is C19H26N4O4. The number of carboxylic acids is 1. The van der Waals surface area contributed by atoms with Crippen LogP contribution < -0.4 is 15.5 Å². The number of nitrogens with zero attached hydrogens (tertiary/aromatic N) is 2. The van der Waals surface area contributed by atoms with Crippen molar-refractivity contribution in [3.8, 4) is 0 Å². The van der Waals surface area contributed by atoms with Gasteiger partial charge in [-0.1, -0.05) is 6.92 Å². The number of hydrogen-bond donors (Lipinski definition) is 3. The highest BCUT2D eigenvalue weighted by atomic mass is 16.4. The Morgan fingerprint density at radius 3 is 2.70 bits per heavy atom. The molecule has 8 heteroatoms. The summed E-state index contributed by atoms with van der Waals surface area (Å²) in [6.07, 6.45) is 1.49. The number of nitrogens with one attached hydrogen (secondary N) is 2. The zero-order valence-electron chi connectivity index (χ0n) is 15.9. The fraction of sp³-hybridized carbons (Fsp3) is 0.526.